The highest BCUT2D eigenvalue weighted by Crippen LogP contribution is 2.27. The van der Waals surface area contributed by atoms with Gasteiger partial charge in [-0.05, 0) is 37.1 Å². The SMILES string of the molecule is CCCCC(CC)C(=O)Nc1nnc(SCC(=O)c2ccc(F)cc2)s1. The topological polar surface area (TPSA) is 72.0 Å². The summed E-state index contributed by atoms with van der Waals surface area (Å²) in [6.45, 7) is 4.11. The minimum absolute atomic E-state index is 0.0185. The van der Waals surface area contributed by atoms with Crippen LogP contribution >= 0.6 is 23.1 Å². The Morgan fingerprint density at radius 1 is 1.23 bits per heavy atom. The van der Waals surface area contributed by atoms with Gasteiger partial charge < -0.3 is 5.32 Å². The number of carbonyl (C=O) groups is 2. The van der Waals surface area contributed by atoms with Gasteiger partial charge in [-0.15, -0.1) is 10.2 Å². The lowest BCUT2D eigenvalue weighted by atomic mass is 9.99. The molecule has 0 bridgehead atoms. The first-order valence-electron chi connectivity index (χ1n) is 8.59. The molecule has 1 aromatic heterocycles. The Bertz CT molecular complexity index is 734. The van der Waals surface area contributed by atoms with Gasteiger partial charge in [-0.3, -0.25) is 9.59 Å². The molecule has 140 valence electrons. The quantitative estimate of drug-likeness (QED) is 0.355. The fraction of sp³-hybridized carbons (Fsp3) is 0.444. The lowest BCUT2D eigenvalue weighted by molar-refractivity contribution is -0.120. The first-order valence-corrected chi connectivity index (χ1v) is 10.4. The Balaban J connectivity index is 1.86. The lowest BCUT2D eigenvalue weighted by Gasteiger charge is -2.12. The van der Waals surface area contributed by atoms with E-state index in [0.29, 0.717) is 15.0 Å². The first-order chi connectivity index (χ1) is 12.5. The van der Waals surface area contributed by atoms with Crippen molar-refractivity contribution >= 4 is 39.9 Å². The standard InChI is InChI=1S/C18H22FN3O2S2/c1-3-5-6-12(4-2)16(24)20-17-21-22-18(26-17)25-11-15(23)13-7-9-14(19)10-8-13/h7-10,12H,3-6,11H2,1-2H3,(H,20,21,24). The van der Waals surface area contributed by atoms with E-state index in [1.165, 1.54) is 47.4 Å². The molecule has 2 rings (SSSR count). The van der Waals surface area contributed by atoms with Gasteiger partial charge in [0, 0.05) is 11.5 Å². The summed E-state index contributed by atoms with van der Waals surface area (Å²) >= 11 is 2.50. The van der Waals surface area contributed by atoms with Crippen LogP contribution in [0.15, 0.2) is 28.6 Å². The fourth-order valence-corrected chi connectivity index (χ4v) is 3.99. The number of hydrogen-bond donors (Lipinski definition) is 1. The summed E-state index contributed by atoms with van der Waals surface area (Å²) in [4.78, 5) is 24.4. The van der Waals surface area contributed by atoms with Crippen molar-refractivity contribution in [3.63, 3.8) is 0 Å². The highest BCUT2D eigenvalue weighted by Gasteiger charge is 2.18. The number of thioether (sulfide) groups is 1. The summed E-state index contributed by atoms with van der Waals surface area (Å²) in [5.41, 5.74) is 0.457. The van der Waals surface area contributed by atoms with Crippen LogP contribution in [0.4, 0.5) is 9.52 Å². The summed E-state index contributed by atoms with van der Waals surface area (Å²) in [5, 5.41) is 11.2. The summed E-state index contributed by atoms with van der Waals surface area (Å²) in [6, 6.07) is 5.45. The maximum Gasteiger partial charge on any atom is 0.229 e. The molecular weight excluding hydrogens is 373 g/mol. The molecule has 1 atom stereocenters. The number of carbonyl (C=O) groups excluding carboxylic acids is 2. The second kappa shape index (κ2) is 10.4. The number of amides is 1. The van der Waals surface area contributed by atoms with Crippen molar-refractivity contribution in [1.29, 1.82) is 0 Å². The molecule has 0 aliphatic carbocycles. The normalized spacial score (nSPS) is 12.0. The van der Waals surface area contributed by atoms with Gasteiger partial charge in [0.25, 0.3) is 0 Å². The van der Waals surface area contributed by atoms with Gasteiger partial charge in [-0.2, -0.15) is 0 Å². The number of aromatic nitrogens is 2. The Morgan fingerprint density at radius 2 is 1.96 bits per heavy atom. The molecule has 0 aliphatic heterocycles. The number of nitrogens with one attached hydrogen (secondary N) is 1. The van der Waals surface area contributed by atoms with E-state index in [9.17, 15) is 14.0 Å². The highest BCUT2D eigenvalue weighted by molar-refractivity contribution is 8.01. The molecule has 0 saturated heterocycles. The van der Waals surface area contributed by atoms with Crippen molar-refractivity contribution in [3.05, 3.63) is 35.6 Å². The number of ketones is 1. The molecule has 0 radical (unpaired) electrons. The number of benzene rings is 1. The molecule has 1 unspecified atom stereocenters. The van der Waals surface area contributed by atoms with Crippen molar-refractivity contribution in [2.24, 2.45) is 5.92 Å². The third kappa shape index (κ3) is 6.17. The summed E-state index contributed by atoms with van der Waals surface area (Å²) in [6.07, 6.45) is 3.74. The maximum absolute atomic E-state index is 12.9. The number of Topliss-reactive ketones (excluding diaryl/α,β-unsaturated/α-hetero) is 1. The van der Waals surface area contributed by atoms with Crippen LogP contribution in [0.5, 0.6) is 0 Å². The average Bonchev–Trinajstić information content (AvgIpc) is 3.08. The highest BCUT2D eigenvalue weighted by atomic mass is 32.2. The molecule has 5 nitrogen and oxygen atoms in total. The summed E-state index contributed by atoms with van der Waals surface area (Å²) in [7, 11) is 0. The zero-order chi connectivity index (χ0) is 18.9. The van der Waals surface area contributed by atoms with Gasteiger partial charge in [-0.25, -0.2) is 4.39 Å². The zero-order valence-electron chi connectivity index (χ0n) is 14.8. The first kappa shape index (κ1) is 20.5. The molecule has 0 saturated carbocycles. The maximum atomic E-state index is 12.9. The number of halogens is 1. The number of anilines is 1. The Hall–Kier alpha value is -1.80. The molecule has 1 N–H and O–H groups in total. The molecule has 0 spiro atoms. The smallest absolute Gasteiger partial charge is 0.229 e. The molecule has 0 aliphatic rings. The number of hydrogen-bond acceptors (Lipinski definition) is 6. The van der Waals surface area contributed by atoms with Crippen molar-refractivity contribution in [1.82, 2.24) is 10.2 Å². The third-order valence-electron chi connectivity index (χ3n) is 3.90. The third-order valence-corrected chi connectivity index (χ3v) is 5.87. The second-order valence-electron chi connectivity index (χ2n) is 5.83. The Labute approximate surface area is 160 Å². The molecule has 8 heteroatoms. The van der Waals surface area contributed by atoms with Crippen LogP contribution in [0.1, 0.15) is 49.9 Å². The van der Waals surface area contributed by atoms with Gasteiger partial charge in [0.05, 0.1) is 5.75 Å². The average molecular weight is 396 g/mol. The van der Waals surface area contributed by atoms with Crippen LogP contribution in [-0.4, -0.2) is 27.6 Å². The van der Waals surface area contributed by atoms with Gasteiger partial charge >= 0.3 is 0 Å². The molecule has 1 aromatic carbocycles. The molecule has 2 aromatic rings. The van der Waals surface area contributed by atoms with Crippen LogP contribution in [-0.2, 0) is 4.79 Å². The van der Waals surface area contributed by atoms with Crippen LogP contribution in [0.2, 0.25) is 0 Å². The number of unbranched alkanes of at least 4 members (excludes halogenated alkanes) is 1. The summed E-state index contributed by atoms with van der Waals surface area (Å²) < 4.78 is 13.5. The monoisotopic (exact) mass is 395 g/mol. The van der Waals surface area contributed by atoms with Crippen molar-refractivity contribution in [2.75, 3.05) is 11.1 Å². The van der Waals surface area contributed by atoms with Crippen LogP contribution < -0.4 is 5.32 Å². The molecular formula is C18H22FN3O2S2. The lowest BCUT2D eigenvalue weighted by Crippen LogP contribution is -2.22. The van der Waals surface area contributed by atoms with E-state index in [1.807, 2.05) is 6.92 Å². The van der Waals surface area contributed by atoms with E-state index >= 15 is 0 Å². The largest absolute Gasteiger partial charge is 0.300 e. The second-order valence-corrected chi connectivity index (χ2v) is 8.03. The van der Waals surface area contributed by atoms with E-state index in [1.54, 1.807) is 0 Å². The predicted octanol–water partition coefficient (Wildman–Crippen LogP) is 4.81. The Morgan fingerprint density at radius 3 is 2.62 bits per heavy atom. The summed E-state index contributed by atoms with van der Waals surface area (Å²) in [5.74, 6) is -0.349. The van der Waals surface area contributed by atoms with E-state index in [4.69, 9.17) is 0 Å². The minimum Gasteiger partial charge on any atom is -0.300 e. The van der Waals surface area contributed by atoms with Crippen molar-refractivity contribution in [2.45, 2.75) is 43.9 Å². The molecule has 1 heterocycles. The van der Waals surface area contributed by atoms with Gasteiger partial charge in [0.1, 0.15) is 5.82 Å². The fourth-order valence-electron chi connectivity index (χ4n) is 2.34. The Kier molecular flexibility index (Phi) is 8.18. The molecule has 26 heavy (non-hydrogen) atoms. The van der Waals surface area contributed by atoms with E-state index in [2.05, 4.69) is 22.4 Å². The molecule has 0 fully saturated rings. The van der Waals surface area contributed by atoms with Crippen LogP contribution in [0.3, 0.4) is 0 Å². The van der Waals surface area contributed by atoms with Crippen LogP contribution in [0.25, 0.3) is 0 Å². The van der Waals surface area contributed by atoms with E-state index < -0.39 is 0 Å². The van der Waals surface area contributed by atoms with Gasteiger partial charge in [0.15, 0.2) is 10.1 Å². The minimum atomic E-state index is -0.372. The number of rotatable bonds is 10. The van der Waals surface area contributed by atoms with E-state index in [-0.39, 0.29) is 29.2 Å². The predicted molar refractivity (Wildman–Crippen MR) is 103 cm³/mol. The zero-order valence-corrected chi connectivity index (χ0v) is 16.5. The molecule has 1 amide bonds. The van der Waals surface area contributed by atoms with Crippen molar-refractivity contribution in [3.8, 4) is 0 Å². The number of nitrogens with zero attached hydrogens (tertiary/aromatic N) is 2. The van der Waals surface area contributed by atoms with Crippen molar-refractivity contribution < 1.29 is 14.0 Å². The van der Waals surface area contributed by atoms with Gasteiger partial charge in [-0.1, -0.05) is 49.8 Å². The van der Waals surface area contributed by atoms with Crippen LogP contribution in [0, 0.1) is 11.7 Å². The van der Waals surface area contributed by atoms with Gasteiger partial charge in [0.2, 0.25) is 11.0 Å². The van der Waals surface area contributed by atoms with E-state index in [0.717, 1.165) is 25.7 Å².